The Morgan fingerprint density at radius 2 is 1.92 bits per heavy atom. The van der Waals surface area contributed by atoms with Crippen molar-refractivity contribution >= 4 is 16.7 Å². The average molecular weight is 321 g/mol. The SMILES string of the molecule is O=c1cc(CNc2cccc(CO)c2)c2cc3c(cc2o1)CCC3. The molecule has 0 amide bonds. The van der Waals surface area contributed by atoms with E-state index in [4.69, 9.17) is 4.42 Å². The highest BCUT2D eigenvalue weighted by Gasteiger charge is 2.15. The standard InChI is InChI=1S/C20H19NO3/c22-12-13-3-1-6-17(7-13)21-11-16-10-20(23)24-19-9-15-5-2-4-14(15)8-18(16)19/h1,3,6-10,21-22H,2,4-5,11-12H2. The number of anilines is 1. The second-order valence-corrected chi connectivity index (χ2v) is 6.27. The molecule has 2 N–H and O–H groups in total. The lowest BCUT2D eigenvalue weighted by molar-refractivity contribution is 0.282. The number of benzene rings is 2. The second kappa shape index (κ2) is 6.13. The lowest BCUT2D eigenvalue weighted by atomic mass is 10.0. The van der Waals surface area contributed by atoms with Crippen LogP contribution in [0.3, 0.4) is 0 Å². The van der Waals surface area contributed by atoms with Crippen LogP contribution >= 0.6 is 0 Å². The molecule has 4 nitrogen and oxygen atoms in total. The maximum absolute atomic E-state index is 11.9. The molecule has 0 fully saturated rings. The largest absolute Gasteiger partial charge is 0.423 e. The molecular formula is C20H19NO3. The zero-order chi connectivity index (χ0) is 16.5. The van der Waals surface area contributed by atoms with Gasteiger partial charge in [0.25, 0.3) is 0 Å². The third-order valence-electron chi connectivity index (χ3n) is 4.64. The Morgan fingerprint density at radius 1 is 1.08 bits per heavy atom. The first kappa shape index (κ1) is 15.0. The maximum Gasteiger partial charge on any atom is 0.336 e. The molecule has 0 spiro atoms. The van der Waals surface area contributed by atoms with E-state index in [2.05, 4.69) is 11.4 Å². The molecule has 0 bridgehead atoms. The molecular weight excluding hydrogens is 302 g/mol. The van der Waals surface area contributed by atoms with Gasteiger partial charge in [-0.1, -0.05) is 12.1 Å². The van der Waals surface area contributed by atoms with E-state index < -0.39 is 0 Å². The highest BCUT2D eigenvalue weighted by atomic mass is 16.4. The van der Waals surface area contributed by atoms with E-state index in [1.54, 1.807) is 6.07 Å². The molecule has 122 valence electrons. The van der Waals surface area contributed by atoms with Gasteiger partial charge in [0.1, 0.15) is 5.58 Å². The van der Waals surface area contributed by atoms with Gasteiger partial charge in [-0.15, -0.1) is 0 Å². The highest BCUT2D eigenvalue weighted by Crippen LogP contribution is 2.28. The third kappa shape index (κ3) is 2.81. The minimum absolute atomic E-state index is 0.0134. The van der Waals surface area contributed by atoms with Gasteiger partial charge >= 0.3 is 5.63 Å². The first-order valence-corrected chi connectivity index (χ1v) is 8.25. The van der Waals surface area contributed by atoms with Gasteiger partial charge in [0.05, 0.1) is 6.61 Å². The molecule has 0 unspecified atom stereocenters. The van der Waals surface area contributed by atoms with Crippen LogP contribution in [0, 0.1) is 0 Å². The summed E-state index contributed by atoms with van der Waals surface area (Å²) >= 11 is 0. The van der Waals surface area contributed by atoms with E-state index in [9.17, 15) is 9.90 Å². The van der Waals surface area contributed by atoms with E-state index in [0.29, 0.717) is 12.1 Å². The number of rotatable bonds is 4. The molecule has 1 aliphatic rings. The van der Waals surface area contributed by atoms with E-state index in [1.165, 1.54) is 11.1 Å². The highest BCUT2D eigenvalue weighted by molar-refractivity contribution is 5.82. The minimum atomic E-state index is -0.318. The number of hydrogen-bond acceptors (Lipinski definition) is 4. The molecule has 24 heavy (non-hydrogen) atoms. The predicted molar refractivity (Wildman–Crippen MR) is 94.2 cm³/mol. The molecule has 0 atom stereocenters. The summed E-state index contributed by atoms with van der Waals surface area (Å²) in [7, 11) is 0. The fraction of sp³-hybridized carbons (Fsp3) is 0.250. The molecule has 3 aromatic rings. The molecule has 1 aromatic heterocycles. The van der Waals surface area contributed by atoms with Crippen LogP contribution in [-0.4, -0.2) is 5.11 Å². The van der Waals surface area contributed by atoms with Crippen LogP contribution in [0.15, 0.2) is 51.7 Å². The van der Waals surface area contributed by atoms with Crippen LogP contribution in [0.1, 0.15) is 28.7 Å². The van der Waals surface area contributed by atoms with Gasteiger partial charge < -0.3 is 14.8 Å². The van der Waals surface area contributed by atoms with E-state index in [-0.39, 0.29) is 12.2 Å². The van der Waals surface area contributed by atoms with Crippen LogP contribution in [-0.2, 0) is 26.0 Å². The van der Waals surface area contributed by atoms with Crippen molar-refractivity contribution in [2.24, 2.45) is 0 Å². The van der Waals surface area contributed by atoms with Crippen molar-refractivity contribution < 1.29 is 9.52 Å². The second-order valence-electron chi connectivity index (χ2n) is 6.27. The van der Waals surface area contributed by atoms with Crippen molar-refractivity contribution in [2.75, 3.05) is 5.32 Å². The molecule has 4 heteroatoms. The van der Waals surface area contributed by atoms with Crippen LogP contribution in [0.4, 0.5) is 5.69 Å². The fourth-order valence-electron chi connectivity index (χ4n) is 3.42. The maximum atomic E-state index is 11.9. The first-order valence-electron chi connectivity index (χ1n) is 8.25. The van der Waals surface area contributed by atoms with Crippen molar-refractivity contribution in [1.29, 1.82) is 0 Å². The number of aryl methyl sites for hydroxylation is 2. The molecule has 0 saturated carbocycles. The Kier molecular flexibility index (Phi) is 3.82. The summed E-state index contributed by atoms with van der Waals surface area (Å²) in [5.74, 6) is 0. The summed E-state index contributed by atoms with van der Waals surface area (Å²) < 4.78 is 5.40. The zero-order valence-electron chi connectivity index (χ0n) is 13.3. The topological polar surface area (TPSA) is 62.5 Å². The quantitative estimate of drug-likeness (QED) is 0.723. The van der Waals surface area contributed by atoms with E-state index >= 15 is 0 Å². The summed E-state index contributed by atoms with van der Waals surface area (Å²) in [6, 6.07) is 13.4. The summed E-state index contributed by atoms with van der Waals surface area (Å²) in [5.41, 5.74) is 5.72. The van der Waals surface area contributed by atoms with Gasteiger partial charge in [-0.3, -0.25) is 0 Å². The third-order valence-corrected chi connectivity index (χ3v) is 4.64. The lowest BCUT2D eigenvalue weighted by Gasteiger charge is -2.11. The van der Waals surface area contributed by atoms with Crippen molar-refractivity contribution in [1.82, 2.24) is 0 Å². The summed E-state index contributed by atoms with van der Waals surface area (Å²) in [6.07, 6.45) is 3.32. The fourth-order valence-corrected chi connectivity index (χ4v) is 3.42. The molecule has 0 aliphatic heterocycles. The zero-order valence-corrected chi connectivity index (χ0v) is 13.3. The van der Waals surface area contributed by atoms with Crippen molar-refractivity contribution in [3.63, 3.8) is 0 Å². The number of aliphatic hydroxyl groups is 1. The number of fused-ring (bicyclic) bond motifs is 2. The minimum Gasteiger partial charge on any atom is -0.423 e. The Balaban J connectivity index is 1.69. The summed E-state index contributed by atoms with van der Waals surface area (Å²) in [4.78, 5) is 11.9. The number of nitrogens with one attached hydrogen (secondary N) is 1. The number of aliphatic hydroxyl groups excluding tert-OH is 1. The van der Waals surface area contributed by atoms with Crippen molar-refractivity contribution in [2.45, 2.75) is 32.4 Å². The van der Waals surface area contributed by atoms with E-state index in [0.717, 1.165) is 41.5 Å². The molecule has 1 aliphatic carbocycles. The Morgan fingerprint density at radius 3 is 2.75 bits per heavy atom. The lowest BCUT2D eigenvalue weighted by Crippen LogP contribution is -2.06. The van der Waals surface area contributed by atoms with Gasteiger partial charge in [0.2, 0.25) is 0 Å². The van der Waals surface area contributed by atoms with Crippen LogP contribution in [0.5, 0.6) is 0 Å². The predicted octanol–water partition coefficient (Wildman–Crippen LogP) is 3.39. The molecule has 0 saturated heterocycles. The Hall–Kier alpha value is -2.59. The van der Waals surface area contributed by atoms with Gasteiger partial charge in [-0.2, -0.15) is 0 Å². The van der Waals surface area contributed by atoms with Gasteiger partial charge in [0.15, 0.2) is 0 Å². The van der Waals surface area contributed by atoms with Gasteiger partial charge in [0, 0.05) is 23.7 Å². The van der Waals surface area contributed by atoms with Crippen LogP contribution in [0.25, 0.3) is 11.0 Å². The van der Waals surface area contributed by atoms with Crippen molar-refractivity contribution in [3.05, 3.63) is 75.1 Å². The summed E-state index contributed by atoms with van der Waals surface area (Å²) in [6.45, 7) is 0.551. The average Bonchev–Trinajstić information content (AvgIpc) is 3.05. The van der Waals surface area contributed by atoms with Gasteiger partial charge in [-0.25, -0.2) is 4.79 Å². The molecule has 1 heterocycles. The first-order chi connectivity index (χ1) is 11.7. The smallest absolute Gasteiger partial charge is 0.336 e. The van der Waals surface area contributed by atoms with Gasteiger partial charge in [-0.05, 0) is 65.8 Å². The monoisotopic (exact) mass is 321 g/mol. The molecule has 0 radical (unpaired) electrons. The summed E-state index contributed by atoms with van der Waals surface area (Å²) in [5, 5.41) is 13.6. The Bertz CT molecular complexity index is 959. The van der Waals surface area contributed by atoms with E-state index in [1.807, 2.05) is 30.3 Å². The number of hydrogen-bond donors (Lipinski definition) is 2. The van der Waals surface area contributed by atoms with Crippen molar-refractivity contribution in [3.8, 4) is 0 Å². The molecule has 2 aromatic carbocycles. The molecule has 4 rings (SSSR count). The normalized spacial score (nSPS) is 13.2. The van der Waals surface area contributed by atoms with Crippen LogP contribution in [0.2, 0.25) is 0 Å². The van der Waals surface area contributed by atoms with Crippen LogP contribution < -0.4 is 10.9 Å². The Labute approximate surface area is 139 Å².